The highest BCUT2D eigenvalue weighted by atomic mass is 16.3. The van der Waals surface area contributed by atoms with Crippen molar-refractivity contribution in [3.8, 4) is 0 Å². The average molecular weight is 790 g/mol. The van der Waals surface area contributed by atoms with Gasteiger partial charge in [0.15, 0.2) is 0 Å². The van der Waals surface area contributed by atoms with Crippen LogP contribution in [-0.2, 0) is 10.8 Å². The Morgan fingerprint density at radius 2 is 1.59 bits per heavy atom. The van der Waals surface area contributed by atoms with E-state index in [9.17, 15) is 0 Å². The summed E-state index contributed by atoms with van der Waals surface area (Å²) in [5.74, 6) is 2.28. The molecule has 3 aliphatic rings. The third-order valence-electron chi connectivity index (χ3n) is 12.9. The lowest BCUT2D eigenvalue weighted by molar-refractivity contribution is 0.332. The van der Waals surface area contributed by atoms with Crippen LogP contribution in [0.2, 0.25) is 0 Å². The van der Waals surface area contributed by atoms with E-state index in [4.69, 9.17) is 17.6 Å². The first-order chi connectivity index (χ1) is 27.8. The topological polar surface area (TPSA) is 19.6 Å². The highest BCUT2D eigenvalue weighted by Crippen LogP contribution is 2.48. The summed E-state index contributed by atoms with van der Waals surface area (Å²) >= 11 is 0. The molecule has 1 aromatic heterocycles. The molecule has 5 rings (SSSR count). The summed E-state index contributed by atoms with van der Waals surface area (Å²) in [6.45, 7) is 38.5. The Kier molecular flexibility index (Phi) is 14.6. The van der Waals surface area contributed by atoms with Gasteiger partial charge < -0.3 is 14.2 Å². The van der Waals surface area contributed by atoms with Crippen molar-refractivity contribution in [1.82, 2.24) is 4.90 Å². The van der Waals surface area contributed by atoms with Crippen LogP contribution < -0.4 is 10.6 Å². The summed E-state index contributed by atoms with van der Waals surface area (Å²) in [6.07, 6.45) is 35.9. The fraction of sp³-hybridized carbons (Fsp3) is 0.455. The molecule has 0 spiro atoms. The number of benzene rings is 1. The number of hydrogen-bond acceptors (Lipinski definition) is 3. The zero-order chi connectivity index (χ0) is 43.2. The molecular weight excluding hydrogens is 715 g/mol. The van der Waals surface area contributed by atoms with Crippen molar-refractivity contribution < 1.29 is 4.42 Å². The molecule has 1 aromatic carbocycles. The Bertz CT molecular complexity index is 2160. The lowest BCUT2D eigenvalue weighted by Gasteiger charge is -2.41. The molecule has 0 unspecified atom stereocenters. The fourth-order valence-electron chi connectivity index (χ4n) is 8.35. The van der Waals surface area contributed by atoms with E-state index in [-0.39, 0.29) is 21.7 Å². The Morgan fingerprint density at radius 1 is 0.915 bits per heavy atom. The second-order valence-electron chi connectivity index (χ2n) is 20.0. The van der Waals surface area contributed by atoms with E-state index in [1.54, 1.807) is 0 Å². The molecule has 0 bridgehead atoms. The van der Waals surface area contributed by atoms with Crippen molar-refractivity contribution in [3.05, 3.63) is 155 Å². The summed E-state index contributed by atoms with van der Waals surface area (Å²) in [5, 5.41) is 1.17. The average Bonchev–Trinajstić information content (AvgIpc) is 3.54. The largest absolute Gasteiger partial charge is 0.469 e. The van der Waals surface area contributed by atoms with Crippen LogP contribution in [0.1, 0.15) is 139 Å². The standard InChI is InChI=1S/C55H74BN2O/c1-15-26-44-29-34-57(33-25-30-52(6,7)8)50-46-36-47-48(55(13,14)32-31-54(47,11)12)37-49(46)59-51(50)56-38-45(35-42(16-2)41(5)53(9,10)17-3)58(44)39-40(4)43-27-23-21-19-18-20-22-24-28-43/h15,18-23,25-27,29,33,35-38H,4-5,16-17,24,28,30-32,34,39H2,1-3,6-14H3/b19-18-,22-20+,23-21-,26-15-,33-25+,42-35-,43-27-,44-29+,45-38-. The van der Waals surface area contributed by atoms with Gasteiger partial charge in [0.1, 0.15) is 5.58 Å². The summed E-state index contributed by atoms with van der Waals surface area (Å²) in [4.78, 5) is 4.87. The van der Waals surface area contributed by atoms with Crippen LogP contribution >= 0.6 is 0 Å². The van der Waals surface area contributed by atoms with E-state index in [1.165, 1.54) is 33.2 Å². The van der Waals surface area contributed by atoms with Crippen LogP contribution in [0.4, 0.5) is 5.69 Å². The van der Waals surface area contributed by atoms with E-state index in [2.05, 4.69) is 197 Å². The molecule has 2 heterocycles. The molecule has 0 amide bonds. The van der Waals surface area contributed by atoms with Crippen molar-refractivity contribution in [2.24, 2.45) is 10.8 Å². The van der Waals surface area contributed by atoms with Crippen molar-refractivity contribution in [3.63, 3.8) is 0 Å². The Balaban J connectivity index is 1.78. The minimum absolute atomic E-state index is 0.0276. The van der Waals surface area contributed by atoms with Crippen molar-refractivity contribution >= 4 is 29.6 Å². The van der Waals surface area contributed by atoms with Crippen LogP contribution in [0.15, 0.2) is 148 Å². The predicted molar refractivity (Wildman–Crippen MR) is 261 cm³/mol. The van der Waals surface area contributed by atoms with E-state index in [0.717, 1.165) is 78.8 Å². The normalized spacial score (nSPS) is 23.3. The van der Waals surface area contributed by atoms with Gasteiger partial charge >= 0.3 is 0 Å². The van der Waals surface area contributed by atoms with Crippen LogP contribution in [0.25, 0.3) is 11.0 Å². The summed E-state index contributed by atoms with van der Waals surface area (Å²) in [7, 11) is 2.22. The van der Waals surface area contributed by atoms with Crippen LogP contribution in [0.5, 0.6) is 0 Å². The molecule has 1 radical (unpaired) electrons. The third-order valence-corrected chi connectivity index (χ3v) is 12.9. The van der Waals surface area contributed by atoms with Gasteiger partial charge in [-0.2, -0.15) is 0 Å². The number of hydrogen-bond donors (Lipinski definition) is 0. The lowest BCUT2D eigenvalue weighted by Crippen LogP contribution is -2.33. The van der Waals surface area contributed by atoms with Crippen molar-refractivity contribution in [2.75, 3.05) is 18.0 Å². The maximum Gasteiger partial charge on any atom is 0.236 e. The number of nitrogens with zero attached hydrogens (tertiary/aromatic N) is 2. The zero-order valence-electron chi connectivity index (χ0n) is 38.9. The Morgan fingerprint density at radius 3 is 2.25 bits per heavy atom. The molecule has 0 fully saturated rings. The molecule has 0 atom stereocenters. The summed E-state index contributed by atoms with van der Waals surface area (Å²) < 4.78 is 7.05. The molecule has 2 aliphatic carbocycles. The van der Waals surface area contributed by atoms with E-state index < -0.39 is 0 Å². The van der Waals surface area contributed by atoms with Gasteiger partial charge in [-0.05, 0) is 137 Å². The van der Waals surface area contributed by atoms with Gasteiger partial charge in [0.25, 0.3) is 0 Å². The number of fused-ring (bicyclic) bond motifs is 4. The molecule has 0 saturated carbocycles. The second kappa shape index (κ2) is 18.9. The highest BCUT2D eigenvalue weighted by Gasteiger charge is 2.38. The Labute approximate surface area is 360 Å². The number of anilines is 1. The van der Waals surface area contributed by atoms with Crippen LogP contribution in [0, 0.1) is 10.8 Å². The molecule has 0 N–H and O–H groups in total. The fourth-order valence-corrected chi connectivity index (χ4v) is 8.35. The van der Waals surface area contributed by atoms with Crippen LogP contribution in [-0.4, -0.2) is 25.3 Å². The second-order valence-corrected chi connectivity index (χ2v) is 20.0. The molecule has 0 saturated heterocycles. The van der Waals surface area contributed by atoms with Gasteiger partial charge in [0.05, 0.1) is 11.3 Å². The highest BCUT2D eigenvalue weighted by molar-refractivity contribution is 6.60. The minimum atomic E-state index is -0.0276. The molecule has 313 valence electrons. The maximum atomic E-state index is 7.05. The minimum Gasteiger partial charge on any atom is -0.469 e. The number of allylic oxidation sites excluding steroid dienone is 13. The monoisotopic (exact) mass is 790 g/mol. The number of furan rings is 1. The molecule has 1 aliphatic heterocycles. The van der Waals surface area contributed by atoms with E-state index >= 15 is 0 Å². The van der Waals surface area contributed by atoms with E-state index in [1.807, 2.05) is 0 Å². The van der Waals surface area contributed by atoms with Gasteiger partial charge in [-0.1, -0.05) is 150 Å². The van der Waals surface area contributed by atoms with Gasteiger partial charge in [-0.25, -0.2) is 0 Å². The van der Waals surface area contributed by atoms with Crippen LogP contribution in [0.3, 0.4) is 0 Å². The van der Waals surface area contributed by atoms with Gasteiger partial charge in [-0.15, -0.1) is 0 Å². The molecule has 59 heavy (non-hydrogen) atoms. The summed E-state index contributed by atoms with van der Waals surface area (Å²) in [5.41, 5.74) is 13.1. The predicted octanol–water partition coefficient (Wildman–Crippen LogP) is 14.8. The zero-order valence-corrected chi connectivity index (χ0v) is 38.9. The maximum absolute atomic E-state index is 7.05. The van der Waals surface area contributed by atoms with E-state index in [0.29, 0.717) is 13.1 Å². The lowest BCUT2D eigenvalue weighted by atomic mass is 9.63. The van der Waals surface area contributed by atoms with Gasteiger partial charge in [-0.3, -0.25) is 0 Å². The number of rotatable bonds is 11. The quantitative estimate of drug-likeness (QED) is 0.167. The molecule has 2 aromatic rings. The molecular formula is C55H74BN2O. The van der Waals surface area contributed by atoms with Gasteiger partial charge in [0.2, 0.25) is 7.28 Å². The van der Waals surface area contributed by atoms with Crippen molar-refractivity contribution in [2.45, 2.75) is 139 Å². The Hall–Kier alpha value is -4.44. The van der Waals surface area contributed by atoms with Crippen molar-refractivity contribution in [1.29, 1.82) is 0 Å². The first kappa shape index (κ1) is 45.6. The smallest absolute Gasteiger partial charge is 0.236 e. The summed E-state index contributed by atoms with van der Waals surface area (Å²) in [6, 6.07) is 4.83. The third kappa shape index (κ3) is 11.0. The van der Waals surface area contributed by atoms with Gasteiger partial charge in [0, 0.05) is 36.1 Å². The SMILES string of the molecule is C=C(CN1C(/C=C(/CC)C(=C)C(C)(C)CC)=C\[B]c2oc3cc4c(cc3c2N(/C=C/CC(C)(C)C)C/C=C1\C=C/C)C(C)(C)CCC4(C)C)\C1=C/C=C\C=C/C=C/CC1. The first-order valence-electron chi connectivity index (χ1n) is 22.3. The molecule has 3 nitrogen and oxygen atoms in total. The molecule has 4 heteroatoms. The first-order valence-corrected chi connectivity index (χ1v) is 22.3.